The van der Waals surface area contributed by atoms with Gasteiger partial charge in [-0.1, -0.05) is 52.5 Å². The Morgan fingerprint density at radius 2 is 1.74 bits per heavy atom. The number of hydrogen-bond acceptors (Lipinski definition) is 2. The summed E-state index contributed by atoms with van der Waals surface area (Å²) >= 11 is 23.5. The van der Waals surface area contributed by atoms with Gasteiger partial charge in [-0.25, -0.2) is 0 Å². The van der Waals surface area contributed by atoms with E-state index in [0.29, 0.717) is 31.3 Å². The summed E-state index contributed by atoms with van der Waals surface area (Å²) in [6, 6.07) is 11.2. The quantitative estimate of drug-likeness (QED) is 0.532. The van der Waals surface area contributed by atoms with Gasteiger partial charge in [0.05, 0.1) is 10.0 Å². The summed E-state index contributed by atoms with van der Waals surface area (Å²) in [5.41, 5.74) is 0.824. The largest absolute Gasteiger partial charge is 0.321 e. The lowest BCUT2D eigenvalue weighted by molar-refractivity contribution is -0.112. The van der Waals surface area contributed by atoms with Crippen LogP contribution in [-0.2, 0) is 4.79 Å². The van der Waals surface area contributed by atoms with Crippen LogP contribution in [-0.4, -0.2) is 5.91 Å². The van der Waals surface area contributed by atoms with Crippen molar-refractivity contribution in [2.45, 2.75) is 0 Å². The van der Waals surface area contributed by atoms with Gasteiger partial charge in [0.25, 0.3) is 5.91 Å². The van der Waals surface area contributed by atoms with Crippen molar-refractivity contribution >= 4 is 64.1 Å². The Kier molecular flexibility index (Phi) is 5.92. The fourth-order valence-electron chi connectivity index (χ4n) is 1.69. The maximum atomic E-state index is 12.2. The SMILES string of the molecule is N#C/C(=C/c1ccc(Cl)cc1Cl)C(=O)Nc1ccc(Cl)c(Cl)c1. The van der Waals surface area contributed by atoms with E-state index in [1.54, 1.807) is 24.3 Å². The second-order valence-corrected chi connectivity index (χ2v) is 6.08. The van der Waals surface area contributed by atoms with E-state index < -0.39 is 5.91 Å². The van der Waals surface area contributed by atoms with Crippen LogP contribution in [0.1, 0.15) is 5.56 Å². The highest BCUT2D eigenvalue weighted by Gasteiger charge is 2.11. The summed E-state index contributed by atoms with van der Waals surface area (Å²) in [6.07, 6.45) is 1.38. The van der Waals surface area contributed by atoms with Crippen molar-refractivity contribution in [3.63, 3.8) is 0 Å². The second-order valence-electron chi connectivity index (χ2n) is 4.42. The lowest BCUT2D eigenvalue weighted by Gasteiger charge is -2.06. The Labute approximate surface area is 153 Å². The Morgan fingerprint density at radius 3 is 2.35 bits per heavy atom. The van der Waals surface area contributed by atoms with E-state index in [4.69, 9.17) is 46.4 Å². The summed E-state index contributed by atoms with van der Waals surface area (Å²) in [5.74, 6) is -0.586. The standard InChI is InChI=1S/C16H8Cl4N2O/c17-11-2-1-9(14(19)6-11)5-10(8-21)16(23)22-12-3-4-13(18)15(20)7-12/h1-7H,(H,22,23)/b10-5-. The molecule has 116 valence electrons. The van der Waals surface area contributed by atoms with E-state index in [-0.39, 0.29) is 5.57 Å². The first-order valence-corrected chi connectivity index (χ1v) is 7.75. The molecule has 0 aromatic heterocycles. The molecule has 0 atom stereocenters. The molecular formula is C16H8Cl4N2O. The molecular weight excluding hydrogens is 378 g/mol. The predicted molar refractivity (Wildman–Crippen MR) is 95.1 cm³/mol. The number of nitrogens with one attached hydrogen (secondary N) is 1. The van der Waals surface area contributed by atoms with Crippen molar-refractivity contribution < 1.29 is 4.79 Å². The third kappa shape index (κ3) is 4.63. The summed E-state index contributed by atoms with van der Waals surface area (Å²) in [5, 5.41) is 13.2. The van der Waals surface area contributed by atoms with Crippen LogP contribution in [0.4, 0.5) is 5.69 Å². The van der Waals surface area contributed by atoms with E-state index in [0.717, 1.165) is 0 Å². The van der Waals surface area contributed by atoms with Crippen LogP contribution >= 0.6 is 46.4 Å². The molecule has 7 heteroatoms. The van der Waals surface area contributed by atoms with Gasteiger partial charge in [0.15, 0.2) is 0 Å². The number of nitrogens with zero attached hydrogens (tertiary/aromatic N) is 1. The van der Waals surface area contributed by atoms with Crippen LogP contribution in [0.5, 0.6) is 0 Å². The monoisotopic (exact) mass is 384 g/mol. The topological polar surface area (TPSA) is 52.9 Å². The molecule has 0 radical (unpaired) electrons. The molecule has 2 rings (SSSR count). The summed E-state index contributed by atoms with van der Waals surface area (Å²) in [6.45, 7) is 0. The Morgan fingerprint density at radius 1 is 1.00 bits per heavy atom. The Bertz CT molecular complexity index is 840. The number of amides is 1. The number of carbonyl (C=O) groups excluding carboxylic acids is 1. The molecule has 1 N–H and O–H groups in total. The molecule has 0 saturated carbocycles. The van der Waals surface area contributed by atoms with E-state index in [1.165, 1.54) is 18.2 Å². The van der Waals surface area contributed by atoms with Crippen LogP contribution in [0.25, 0.3) is 6.08 Å². The Hall–Kier alpha value is -1.70. The number of carbonyl (C=O) groups is 1. The zero-order chi connectivity index (χ0) is 17.0. The second kappa shape index (κ2) is 7.72. The summed E-state index contributed by atoms with van der Waals surface area (Å²) in [7, 11) is 0. The van der Waals surface area contributed by atoms with E-state index in [9.17, 15) is 10.1 Å². The average molecular weight is 386 g/mol. The molecule has 0 aliphatic carbocycles. The maximum absolute atomic E-state index is 12.2. The molecule has 0 spiro atoms. The third-order valence-corrected chi connectivity index (χ3v) is 4.11. The molecule has 0 unspecified atom stereocenters. The van der Waals surface area contributed by atoms with Gasteiger partial charge in [-0.15, -0.1) is 0 Å². The molecule has 0 aliphatic rings. The van der Waals surface area contributed by atoms with Crippen molar-refractivity contribution in [1.82, 2.24) is 0 Å². The normalized spacial score (nSPS) is 11.0. The van der Waals surface area contributed by atoms with E-state index in [2.05, 4.69) is 5.32 Å². The highest BCUT2D eigenvalue weighted by Crippen LogP contribution is 2.26. The minimum Gasteiger partial charge on any atom is -0.321 e. The zero-order valence-corrected chi connectivity index (χ0v) is 14.4. The van der Waals surface area contributed by atoms with Gasteiger partial charge >= 0.3 is 0 Å². The average Bonchev–Trinajstić information content (AvgIpc) is 2.50. The van der Waals surface area contributed by atoms with Gasteiger partial charge in [-0.3, -0.25) is 4.79 Å². The third-order valence-electron chi connectivity index (χ3n) is 2.80. The molecule has 0 aliphatic heterocycles. The molecule has 2 aromatic rings. The van der Waals surface area contributed by atoms with Gasteiger partial charge in [0.1, 0.15) is 11.6 Å². The molecule has 0 heterocycles. The highest BCUT2D eigenvalue weighted by atomic mass is 35.5. The zero-order valence-electron chi connectivity index (χ0n) is 11.4. The van der Waals surface area contributed by atoms with Crippen LogP contribution in [0.2, 0.25) is 20.1 Å². The first-order chi connectivity index (χ1) is 10.9. The van der Waals surface area contributed by atoms with Crippen molar-refractivity contribution in [1.29, 1.82) is 5.26 Å². The predicted octanol–water partition coefficient (Wildman–Crippen LogP) is 5.85. The highest BCUT2D eigenvalue weighted by molar-refractivity contribution is 6.42. The van der Waals surface area contributed by atoms with Gasteiger partial charge < -0.3 is 5.32 Å². The molecule has 0 bridgehead atoms. The van der Waals surface area contributed by atoms with E-state index >= 15 is 0 Å². The number of halogens is 4. The smallest absolute Gasteiger partial charge is 0.266 e. The molecule has 0 saturated heterocycles. The fourth-order valence-corrected chi connectivity index (χ4v) is 2.46. The number of nitriles is 1. The number of rotatable bonds is 3. The number of hydrogen-bond donors (Lipinski definition) is 1. The molecule has 1 amide bonds. The lowest BCUT2D eigenvalue weighted by atomic mass is 10.1. The molecule has 0 fully saturated rings. The van der Waals surface area contributed by atoms with Gasteiger partial charge in [-0.05, 0) is 42.0 Å². The molecule has 23 heavy (non-hydrogen) atoms. The first kappa shape index (κ1) is 17.7. The molecule has 3 nitrogen and oxygen atoms in total. The van der Waals surface area contributed by atoms with Crippen molar-refractivity contribution in [2.75, 3.05) is 5.32 Å². The van der Waals surface area contributed by atoms with Crippen molar-refractivity contribution in [2.24, 2.45) is 0 Å². The van der Waals surface area contributed by atoms with Crippen molar-refractivity contribution in [3.05, 3.63) is 67.6 Å². The summed E-state index contributed by atoms with van der Waals surface area (Å²) < 4.78 is 0. The van der Waals surface area contributed by atoms with Gasteiger partial charge in [0, 0.05) is 15.7 Å². The molecule has 2 aromatic carbocycles. The van der Waals surface area contributed by atoms with Crippen LogP contribution in [0.15, 0.2) is 42.0 Å². The van der Waals surface area contributed by atoms with E-state index in [1.807, 2.05) is 6.07 Å². The summed E-state index contributed by atoms with van der Waals surface area (Å²) in [4.78, 5) is 12.2. The maximum Gasteiger partial charge on any atom is 0.266 e. The van der Waals surface area contributed by atoms with Crippen LogP contribution in [0.3, 0.4) is 0 Å². The number of anilines is 1. The lowest BCUT2D eigenvalue weighted by Crippen LogP contribution is -2.13. The number of benzene rings is 2. The van der Waals surface area contributed by atoms with Gasteiger partial charge in [0.2, 0.25) is 0 Å². The van der Waals surface area contributed by atoms with Crippen LogP contribution < -0.4 is 5.32 Å². The minimum atomic E-state index is -0.586. The van der Waals surface area contributed by atoms with Gasteiger partial charge in [-0.2, -0.15) is 5.26 Å². The Balaban J connectivity index is 2.26. The fraction of sp³-hybridized carbons (Fsp3) is 0. The van der Waals surface area contributed by atoms with Crippen molar-refractivity contribution in [3.8, 4) is 6.07 Å². The van der Waals surface area contributed by atoms with Crippen LogP contribution in [0, 0.1) is 11.3 Å². The minimum absolute atomic E-state index is 0.111. The first-order valence-electron chi connectivity index (χ1n) is 6.24.